The van der Waals surface area contributed by atoms with Crippen molar-refractivity contribution in [3.8, 4) is 23.0 Å². The monoisotopic (exact) mass is 1100 g/mol. The molecule has 0 atom stereocenters. The molecule has 0 amide bonds. The van der Waals surface area contributed by atoms with Gasteiger partial charge in [-0.25, -0.2) is 9.97 Å². The van der Waals surface area contributed by atoms with Gasteiger partial charge >= 0.3 is 83.0 Å². The molecule has 6 rings (SSSR count). The molecule has 4 aromatic carbocycles. The molecule has 389 valence electrons. The first kappa shape index (κ1) is 60.7. The summed E-state index contributed by atoms with van der Waals surface area (Å²) in [7, 11) is -14.7. The van der Waals surface area contributed by atoms with Crippen molar-refractivity contribution in [2.45, 2.75) is 27.7 Å². The predicted molar refractivity (Wildman–Crippen MR) is 255 cm³/mol. The maximum Gasteiger partial charge on any atom is 2.00 e. The van der Waals surface area contributed by atoms with Gasteiger partial charge in [0.25, 0.3) is 0 Å². The van der Waals surface area contributed by atoms with E-state index in [1.165, 1.54) is 0 Å². The Morgan fingerprint density at radius 1 is 0.324 bits per heavy atom. The van der Waals surface area contributed by atoms with E-state index in [2.05, 4.69) is 20.0 Å². The van der Waals surface area contributed by atoms with Crippen LogP contribution in [0, 0.1) is 0 Å². The molecule has 0 saturated heterocycles. The van der Waals surface area contributed by atoms with Gasteiger partial charge in [-0.3, -0.25) is 20.0 Å². The van der Waals surface area contributed by atoms with Crippen molar-refractivity contribution in [3.63, 3.8) is 0 Å². The third kappa shape index (κ3) is 27.5. The maximum absolute atomic E-state index is 10.7. The van der Waals surface area contributed by atoms with Gasteiger partial charge in [-0.2, -0.15) is 0 Å². The van der Waals surface area contributed by atoms with Gasteiger partial charge in [-0.05, 0) is 149 Å². The van der Waals surface area contributed by atoms with Crippen LogP contribution in [0.5, 0.6) is 23.0 Å². The van der Waals surface area contributed by atoms with E-state index in [1.54, 1.807) is 28.4 Å². The number of benzene rings is 4. The summed E-state index contributed by atoms with van der Waals surface area (Å²) in [4.78, 5) is 28.1. The second-order valence-corrected chi connectivity index (χ2v) is 18.1. The van der Waals surface area contributed by atoms with Crippen molar-refractivity contribution in [1.82, 2.24) is 9.97 Å². The zero-order chi connectivity index (χ0) is 52.7. The minimum atomic E-state index is -10.7. The van der Waals surface area contributed by atoms with Crippen LogP contribution in [0.4, 0.5) is 73.1 Å². The second kappa shape index (κ2) is 23.2. The second-order valence-electron chi connectivity index (χ2n) is 14.3. The molecule has 0 aliphatic heterocycles. The molecule has 0 fully saturated rings. The van der Waals surface area contributed by atoms with Gasteiger partial charge in [-0.1, -0.05) is 12.1 Å². The Morgan fingerprint density at radius 2 is 0.479 bits per heavy atom. The normalized spacial score (nSPS) is 14.0. The van der Waals surface area contributed by atoms with E-state index in [0.717, 1.165) is 91.4 Å². The van der Waals surface area contributed by atoms with Crippen molar-refractivity contribution in [1.29, 1.82) is 0 Å². The molecule has 0 aliphatic rings. The molecule has 0 saturated carbocycles. The van der Waals surface area contributed by atoms with Gasteiger partial charge in [0.1, 0.15) is 23.0 Å². The summed E-state index contributed by atoms with van der Waals surface area (Å²) in [6.45, 7) is 7.80. The summed E-state index contributed by atoms with van der Waals surface area (Å²) in [5.41, 5.74) is 10.0. The molecule has 0 spiro atoms. The van der Waals surface area contributed by atoms with Gasteiger partial charge in [0, 0.05) is 0 Å². The molecule has 1 radical (unpaired) electrons. The van der Waals surface area contributed by atoms with Crippen LogP contribution in [-0.2, 0) is 17.1 Å². The number of aliphatic imine (C=N–C) groups is 4. The smallest absolute Gasteiger partial charge is 2.00 e. The summed E-state index contributed by atoms with van der Waals surface area (Å²) >= 11 is 0. The average Bonchev–Trinajstić information content (AvgIpc) is 3.28. The molecule has 0 aliphatic carbocycles. The predicted octanol–water partition coefficient (Wildman–Crippen LogP) is 17.5. The van der Waals surface area contributed by atoms with Crippen LogP contribution in [0.15, 0.2) is 153 Å². The van der Waals surface area contributed by atoms with E-state index < -0.39 is 15.6 Å². The number of pyridine rings is 2. The Bertz CT molecular complexity index is 2450. The third-order valence-corrected chi connectivity index (χ3v) is 8.46. The first-order valence-electron chi connectivity index (χ1n) is 19.9. The van der Waals surface area contributed by atoms with Gasteiger partial charge in [0.15, 0.2) is 0 Å². The van der Waals surface area contributed by atoms with Crippen LogP contribution in [0.3, 0.4) is 0 Å². The van der Waals surface area contributed by atoms with Crippen LogP contribution < -0.4 is 18.9 Å². The molecule has 2 aromatic heterocycles. The van der Waals surface area contributed by atoms with Crippen LogP contribution in [-0.4, -0.2) is 61.3 Å². The van der Waals surface area contributed by atoms with E-state index in [1.807, 2.05) is 161 Å². The molecule has 10 nitrogen and oxygen atoms in total. The molecule has 25 heteroatoms. The molecule has 6 aromatic rings. The Hall–Kier alpha value is -6.40. The van der Waals surface area contributed by atoms with E-state index >= 15 is 0 Å². The number of ether oxygens (including phenoxy) is 4. The Morgan fingerprint density at radius 3 is 0.620 bits per heavy atom. The Kier molecular flexibility index (Phi) is 19.9. The number of aromatic nitrogens is 2. The van der Waals surface area contributed by atoms with Crippen molar-refractivity contribution >= 4 is 61.2 Å². The summed E-state index contributed by atoms with van der Waals surface area (Å²) in [6.07, 6.45) is 0. The quantitative estimate of drug-likeness (QED) is 0.0522. The van der Waals surface area contributed by atoms with Gasteiger partial charge in [0.05, 0.1) is 96.8 Å². The summed E-state index contributed by atoms with van der Waals surface area (Å²) in [5.74, 6) is 3.23. The van der Waals surface area contributed by atoms with E-state index in [0.29, 0.717) is 0 Å². The first-order chi connectivity index (χ1) is 32.1. The van der Waals surface area contributed by atoms with Crippen LogP contribution in [0.1, 0.15) is 50.5 Å². The van der Waals surface area contributed by atoms with Gasteiger partial charge in [0.2, 0.25) is 0 Å². The zero-order valence-corrected chi connectivity index (χ0v) is 41.5. The minimum Gasteiger partial charge on any atom is 2.00 e. The van der Waals surface area contributed by atoms with Crippen molar-refractivity contribution in [2.75, 3.05) is 28.4 Å². The van der Waals surface area contributed by atoms with Gasteiger partial charge < -0.3 is 18.9 Å². The standard InChI is InChI=1S/2C23H23N3O2.Cu.2F6P/c2*1-16(24-18-8-12-20(27-3)13-9-18)22-6-5-7-23(26-22)17(2)25-19-10-14-21(28-4)15-11-19;;2*1-7(2,3,4,5)6/h2*5-15H,1-4H3;;;/q;;+2;2*-1. The number of nitrogens with zero attached hydrogens (tertiary/aromatic N) is 6. The fourth-order valence-corrected chi connectivity index (χ4v) is 5.31. The molecule has 2 heterocycles. The van der Waals surface area contributed by atoms with E-state index in [-0.39, 0.29) is 17.1 Å². The molecule has 0 bridgehead atoms. The fourth-order valence-electron chi connectivity index (χ4n) is 5.31. The van der Waals surface area contributed by atoms with Crippen LogP contribution in [0.25, 0.3) is 0 Å². The summed E-state index contributed by atoms with van der Waals surface area (Å²) < 4.78 is 139. The number of rotatable bonds is 12. The number of hydrogen-bond acceptors (Lipinski definition) is 10. The summed E-state index contributed by atoms with van der Waals surface area (Å²) in [5, 5.41) is 0. The van der Waals surface area contributed by atoms with Crippen molar-refractivity contribution < 1.29 is 86.4 Å². The van der Waals surface area contributed by atoms with E-state index in [4.69, 9.17) is 28.9 Å². The molecule has 0 unspecified atom stereocenters. The Balaban J connectivity index is 0.000000380. The number of halogens is 12. The molecule has 71 heavy (non-hydrogen) atoms. The number of hydrogen-bond donors (Lipinski definition) is 0. The van der Waals surface area contributed by atoms with Crippen LogP contribution in [0.2, 0.25) is 0 Å². The first-order valence-corrected chi connectivity index (χ1v) is 24.0. The summed E-state index contributed by atoms with van der Waals surface area (Å²) in [6, 6.07) is 42.2. The minimum absolute atomic E-state index is 0. The van der Waals surface area contributed by atoms with Crippen LogP contribution >= 0.6 is 15.6 Å². The van der Waals surface area contributed by atoms with E-state index in [9.17, 15) is 50.4 Å². The van der Waals surface area contributed by atoms with Crippen molar-refractivity contribution in [2.24, 2.45) is 20.0 Å². The molecular formula is C46H46CuF12N6O4P2. The zero-order valence-electron chi connectivity index (χ0n) is 38.7. The third-order valence-electron chi connectivity index (χ3n) is 8.46. The topological polar surface area (TPSA) is 112 Å². The Labute approximate surface area is 411 Å². The van der Waals surface area contributed by atoms with Gasteiger partial charge in [-0.15, -0.1) is 0 Å². The average molecular weight is 1100 g/mol. The SMILES string of the molecule is COc1ccc(N=C(C)c2cccc(C(C)=Nc3ccc(OC)cc3)n2)cc1.COc1ccc(N=C(C)c2cccc(C(C)=Nc3ccc(OC)cc3)n2)cc1.F[P-](F)(F)(F)(F)F.F[P-](F)(F)(F)(F)F.[Cu+2]. The maximum atomic E-state index is 9.87. The molecule has 0 N–H and O–H groups in total. The van der Waals surface area contributed by atoms with Crippen molar-refractivity contribution in [3.05, 3.63) is 156 Å². The largest absolute Gasteiger partial charge is 2.00 e. The number of methoxy groups -OCH3 is 4. The molecular weight excluding hydrogens is 1050 g/mol. The fraction of sp³-hybridized carbons (Fsp3) is 0.174.